The molecule has 0 spiro atoms. The Morgan fingerprint density at radius 2 is 2.35 bits per heavy atom. The summed E-state index contributed by atoms with van der Waals surface area (Å²) in [5.74, 6) is 0.0530. The molecule has 3 rings (SSSR count). The van der Waals surface area contributed by atoms with Crippen LogP contribution in [0.1, 0.15) is 59.6 Å². The van der Waals surface area contributed by atoms with E-state index in [2.05, 4.69) is 16.5 Å². The van der Waals surface area contributed by atoms with E-state index >= 15 is 0 Å². The second kappa shape index (κ2) is 5.34. The third kappa shape index (κ3) is 2.21. The van der Waals surface area contributed by atoms with Gasteiger partial charge in [-0.1, -0.05) is 11.6 Å². The van der Waals surface area contributed by atoms with Crippen molar-refractivity contribution in [3.63, 3.8) is 0 Å². The molecule has 0 saturated heterocycles. The van der Waals surface area contributed by atoms with Crippen LogP contribution in [0.5, 0.6) is 0 Å². The molecule has 0 radical (unpaired) electrons. The molecular formula is C15H17ClN2OS. The fourth-order valence-electron chi connectivity index (χ4n) is 2.89. The van der Waals surface area contributed by atoms with Crippen LogP contribution in [0.2, 0.25) is 5.02 Å². The lowest BCUT2D eigenvalue weighted by Crippen LogP contribution is -2.21. The Balaban J connectivity index is 2.01. The third-order valence-corrected chi connectivity index (χ3v) is 5.11. The van der Waals surface area contributed by atoms with E-state index in [-0.39, 0.29) is 17.7 Å². The van der Waals surface area contributed by atoms with Gasteiger partial charge in [-0.25, -0.2) is 0 Å². The lowest BCUT2D eigenvalue weighted by molar-refractivity contribution is 0.0939. The fourth-order valence-corrected chi connectivity index (χ4v) is 4.10. The molecule has 2 aromatic rings. The van der Waals surface area contributed by atoms with Crippen LogP contribution in [-0.4, -0.2) is 15.6 Å². The minimum atomic E-state index is -0.0586. The van der Waals surface area contributed by atoms with Crippen LogP contribution in [0.15, 0.2) is 17.6 Å². The molecule has 1 aliphatic carbocycles. The second-order valence-corrected chi connectivity index (χ2v) is 6.90. The highest BCUT2D eigenvalue weighted by atomic mass is 35.5. The van der Waals surface area contributed by atoms with Crippen molar-refractivity contribution in [3.05, 3.63) is 38.8 Å². The van der Waals surface area contributed by atoms with Crippen molar-refractivity contribution < 1.29 is 4.79 Å². The van der Waals surface area contributed by atoms with Crippen molar-refractivity contribution in [1.82, 2.24) is 9.78 Å². The summed E-state index contributed by atoms with van der Waals surface area (Å²) in [4.78, 5) is 14.3. The molecule has 2 heterocycles. The van der Waals surface area contributed by atoms with Gasteiger partial charge in [0.2, 0.25) is 0 Å². The Kier molecular flexibility index (Phi) is 3.69. The molecular weight excluding hydrogens is 292 g/mol. The number of halogens is 1. The second-order valence-electron chi connectivity index (χ2n) is 5.49. The number of Topliss-reactive ketones (excluding diaryl/α,β-unsaturated/α-hetero) is 1. The molecule has 2 aromatic heterocycles. The van der Waals surface area contributed by atoms with Gasteiger partial charge in [-0.3, -0.25) is 9.48 Å². The number of thiophene rings is 1. The minimum Gasteiger partial charge on any atom is -0.292 e. The van der Waals surface area contributed by atoms with Gasteiger partial charge in [0.15, 0.2) is 5.78 Å². The van der Waals surface area contributed by atoms with Gasteiger partial charge in [-0.2, -0.15) is 5.10 Å². The number of rotatable bonds is 3. The molecule has 0 N–H and O–H groups in total. The lowest BCUT2D eigenvalue weighted by atomic mass is 9.83. The highest BCUT2D eigenvalue weighted by Gasteiger charge is 2.31. The number of nitrogens with zero attached hydrogens (tertiary/aromatic N) is 2. The molecule has 1 atom stereocenters. The number of hydrogen-bond donors (Lipinski definition) is 0. The highest BCUT2D eigenvalue weighted by Crippen LogP contribution is 2.38. The number of aryl methyl sites for hydroxylation is 1. The predicted octanol–water partition coefficient (Wildman–Crippen LogP) is 4.48. The highest BCUT2D eigenvalue weighted by molar-refractivity contribution is 7.10. The summed E-state index contributed by atoms with van der Waals surface area (Å²) in [6.07, 6.45) is 4.64. The summed E-state index contributed by atoms with van der Waals surface area (Å²) in [6, 6.07) is 2.22. The van der Waals surface area contributed by atoms with Gasteiger partial charge in [0.25, 0.3) is 0 Å². The molecule has 0 aromatic carbocycles. The largest absolute Gasteiger partial charge is 0.292 e. The van der Waals surface area contributed by atoms with E-state index in [4.69, 9.17) is 11.6 Å². The summed E-state index contributed by atoms with van der Waals surface area (Å²) in [5, 5.41) is 6.79. The summed E-state index contributed by atoms with van der Waals surface area (Å²) in [5.41, 5.74) is 1.75. The maximum Gasteiger partial charge on any atom is 0.189 e. The number of aromatic nitrogens is 2. The van der Waals surface area contributed by atoms with Crippen LogP contribution >= 0.6 is 22.9 Å². The van der Waals surface area contributed by atoms with Gasteiger partial charge in [-0.15, -0.1) is 11.3 Å². The first kappa shape index (κ1) is 13.8. The van der Waals surface area contributed by atoms with Crippen molar-refractivity contribution in [2.24, 2.45) is 0 Å². The number of fused-ring (bicyclic) bond motifs is 1. The van der Waals surface area contributed by atoms with Gasteiger partial charge < -0.3 is 0 Å². The topological polar surface area (TPSA) is 34.9 Å². The van der Waals surface area contributed by atoms with Crippen LogP contribution in [0.25, 0.3) is 0 Å². The fraction of sp³-hybridized carbons (Fsp3) is 0.467. The van der Waals surface area contributed by atoms with Gasteiger partial charge in [-0.05, 0) is 50.1 Å². The Hall–Kier alpha value is -1.13. The first-order valence-electron chi connectivity index (χ1n) is 6.93. The van der Waals surface area contributed by atoms with E-state index in [0.717, 1.165) is 19.3 Å². The van der Waals surface area contributed by atoms with Crippen molar-refractivity contribution in [3.8, 4) is 0 Å². The van der Waals surface area contributed by atoms with Gasteiger partial charge in [0.1, 0.15) is 5.69 Å². The summed E-state index contributed by atoms with van der Waals surface area (Å²) >= 11 is 7.95. The molecule has 0 bridgehead atoms. The Bertz CT molecular complexity index is 644. The van der Waals surface area contributed by atoms with Crippen molar-refractivity contribution in [1.29, 1.82) is 0 Å². The summed E-state index contributed by atoms with van der Waals surface area (Å²) < 4.78 is 1.74. The Morgan fingerprint density at radius 1 is 1.55 bits per heavy atom. The van der Waals surface area contributed by atoms with Crippen molar-refractivity contribution in [2.75, 3.05) is 0 Å². The van der Waals surface area contributed by atoms with Crippen molar-refractivity contribution in [2.45, 2.75) is 45.1 Å². The Morgan fingerprint density at radius 3 is 3.10 bits per heavy atom. The number of carbonyl (C=O) groups is 1. The average molecular weight is 309 g/mol. The van der Waals surface area contributed by atoms with Crippen LogP contribution in [0.3, 0.4) is 0 Å². The number of hydrogen-bond acceptors (Lipinski definition) is 3. The van der Waals surface area contributed by atoms with E-state index in [1.165, 1.54) is 10.4 Å². The first-order chi connectivity index (χ1) is 9.59. The van der Waals surface area contributed by atoms with Crippen LogP contribution in [0.4, 0.5) is 0 Å². The molecule has 1 aliphatic rings. The normalized spacial score (nSPS) is 18.3. The van der Waals surface area contributed by atoms with Gasteiger partial charge >= 0.3 is 0 Å². The van der Waals surface area contributed by atoms with Crippen LogP contribution in [0, 0.1) is 0 Å². The van der Waals surface area contributed by atoms with E-state index in [1.54, 1.807) is 22.2 Å². The summed E-state index contributed by atoms with van der Waals surface area (Å²) in [6.45, 7) is 4.02. The molecule has 1 unspecified atom stereocenters. The van der Waals surface area contributed by atoms with Crippen molar-refractivity contribution >= 4 is 28.7 Å². The number of carbonyl (C=O) groups excluding carboxylic acids is 1. The first-order valence-corrected chi connectivity index (χ1v) is 8.19. The SMILES string of the molecule is CC(C)n1ncc(Cl)c1C(=O)C1CCCc2sccc21. The molecule has 0 amide bonds. The van der Waals surface area contributed by atoms with E-state index in [0.29, 0.717) is 10.7 Å². The quantitative estimate of drug-likeness (QED) is 0.783. The molecule has 3 nitrogen and oxygen atoms in total. The molecule has 0 saturated carbocycles. The molecule has 20 heavy (non-hydrogen) atoms. The number of ketones is 1. The molecule has 0 aliphatic heterocycles. The van der Waals surface area contributed by atoms with Crippen LogP contribution in [-0.2, 0) is 6.42 Å². The molecule has 0 fully saturated rings. The zero-order valence-electron chi connectivity index (χ0n) is 11.6. The minimum absolute atomic E-state index is 0.0586. The smallest absolute Gasteiger partial charge is 0.189 e. The van der Waals surface area contributed by atoms with E-state index in [9.17, 15) is 4.79 Å². The van der Waals surface area contributed by atoms with E-state index < -0.39 is 0 Å². The molecule has 5 heteroatoms. The monoisotopic (exact) mass is 308 g/mol. The standard InChI is InChI=1S/C15H17ClN2OS/c1-9(2)18-14(12(16)8-17-18)15(19)11-4-3-5-13-10(11)6-7-20-13/h6-9,11H,3-5H2,1-2H3. The zero-order valence-corrected chi connectivity index (χ0v) is 13.2. The summed E-state index contributed by atoms with van der Waals surface area (Å²) in [7, 11) is 0. The van der Waals surface area contributed by atoms with Gasteiger partial charge in [0, 0.05) is 10.9 Å². The lowest BCUT2D eigenvalue weighted by Gasteiger charge is -2.22. The molecule has 106 valence electrons. The van der Waals surface area contributed by atoms with Crippen LogP contribution < -0.4 is 0 Å². The van der Waals surface area contributed by atoms with E-state index in [1.807, 2.05) is 13.8 Å². The maximum atomic E-state index is 12.9. The Labute approximate surface area is 127 Å². The average Bonchev–Trinajstić information content (AvgIpc) is 3.03. The third-order valence-electron chi connectivity index (χ3n) is 3.84. The predicted molar refractivity (Wildman–Crippen MR) is 82.0 cm³/mol. The van der Waals surface area contributed by atoms with Gasteiger partial charge in [0.05, 0.1) is 17.1 Å². The zero-order chi connectivity index (χ0) is 14.3. The maximum absolute atomic E-state index is 12.9.